The highest BCUT2D eigenvalue weighted by Crippen LogP contribution is 2.27. The van der Waals surface area contributed by atoms with E-state index >= 15 is 0 Å². The molecular weight excluding hydrogens is 276 g/mol. The average molecular weight is 292 g/mol. The van der Waals surface area contributed by atoms with Crippen LogP contribution in [0.4, 0.5) is 0 Å². The highest BCUT2D eigenvalue weighted by molar-refractivity contribution is 5.97. The third-order valence-corrected chi connectivity index (χ3v) is 3.55. The largest absolute Gasteiger partial charge is 0.465 e. The molecule has 0 spiro atoms. The third kappa shape index (κ3) is 2.39. The summed E-state index contributed by atoms with van der Waals surface area (Å²) in [5.41, 5.74) is 3.69. The van der Waals surface area contributed by atoms with Gasteiger partial charge in [-0.25, -0.2) is 9.48 Å². The van der Waals surface area contributed by atoms with E-state index in [0.717, 1.165) is 16.9 Å². The number of nitrogens with zero attached hydrogens (tertiary/aromatic N) is 2. The molecule has 1 aromatic heterocycles. The van der Waals surface area contributed by atoms with E-state index in [-0.39, 0.29) is 5.97 Å². The Kier molecular flexibility index (Phi) is 3.74. The minimum Gasteiger partial charge on any atom is -0.465 e. The van der Waals surface area contributed by atoms with Crippen molar-refractivity contribution in [2.45, 2.75) is 6.92 Å². The van der Waals surface area contributed by atoms with E-state index in [2.05, 4.69) is 5.10 Å². The number of methoxy groups -OCH3 is 1. The molecule has 1 heterocycles. The molecule has 0 fully saturated rings. The van der Waals surface area contributed by atoms with E-state index in [4.69, 9.17) is 4.74 Å². The van der Waals surface area contributed by atoms with Gasteiger partial charge < -0.3 is 4.74 Å². The van der Waals surface area contributed by atoms with Crippen molar-refractivity contribution in [1.29, 1.82) is 0 Å². The molecule has 2 aromatic carbocycles. The van der Waals surface area contributed by atoms with Crippen molar-refractivity contribution in [3.05, 3.63) is 71.9 Å². The topological polar surface area (TPSA) is 44.1 Å². The monoisotopic (exact) mass is 292 g/mol. The lowest BCUT2D eigenvalue weighted by atomic mass is 10.1. The lowest BCUT2D eigenvalue weighted by Gasteiger charge is -2.04. The zero-order valence-electron chi connectivity index (χ0n) is 12.5. The fourth-order valence-corrected chi connectivity index (χ4v) is 2.47. The Bertz CT molecular complexity index is 793. The maximum Gasteiger partial charge on any atom is 0.342 e. The van der Waals surface area contributed by atoms with Gasteiger partial charge in [-0.1, -0.05) is 48.5 Å². The van der Waals surface area contributed by atoms with Crippen LogP contribution in [0.15, 0.2) is 60.7 Å². The van der Waals surface area contributed by atoms with Gasteiger partial charge in [-0.05, 0) is 19.1 Å². The minimum atomic E-state index is -0.376. The molecule has 0 unspecified atom stereocenters. The van der Waals surface area contributed by atoms with Crippen molar-refractivity contribution in [3.63, 3.8) is 0 Å². The van der Waals surface area contributed by atoms with Crippen LogP contribution >= 0.6 is 0 Å². The van der Waals surface area contributed by atoms with E-state index in [0.29, 0.717) is 11.3 Å². The summed E-state index contributed by atoms with van der Waals surface area (Å²) in [6.07, 6.45) is 0. The van der Waals surface area contributed by atoms with Crippen LogP contribution in [0, 0.1) is 6.92 Å². The maximum atomic E-state index is 12.2. The molecule has 3 aromatic rings. The molecule has 110 valence electrons. The molecule has 0 atom stereocenters. The van der Waals surface area contributed by atoms with E-state index in [9.17, 15) is 4.79 Å². The highest BCUT2D eigenvalue weighted by Gasteiger charge is 2.23. The standard InChI is InChI=1S/C18H16N2O2/c1-13-16(18(21)22-2)17(14-9-5-3-6-10-14)19-20(13)15-11-7-4-8-12-15/h3-12H,1-2H3. The number of benzene rings is 2. The molecule has 0 saturated heterocycles. The van der Waals surface area contributed by atoms with Crippen molar-refractivity contribution in [1.82, 2.24) is 9.78 Å². The van der Waals surface area contributed by atoms with Crippen molar-refractivity contribution < 1.29 is 9.53 Å². The second-order valence-corrected chi connectivity index (χ2v) is 4.91. The van der Waals surface area contributed by atoms with Crippen LogP contribution in [-0.4, -0.2) is 22.9 Å². The minimum absolute atomic E-state index is 0.376. The van der Waals surface area contributed by atoms with E-state index in [1.54, 1.807) is 4.68 Å². The fourth-order valence-electron chi connectivity index (χ4n) is 2.47. The number of carbonyl (C=O) groups excluding carboxylic acids is 1. The zero-order chi connectivity index (χ0) is 15.5. The van der Waals surface area contributed by atoms with Gasteiger partial charge >= 0.3 is 5.97 Å². The van der Waals surface area contributed by atoms with Gasteiger partial charge in [-0.2, -0.15) is 5.10 Å². The number of carbonyl (C=O) groups is 1. The number of ether oxygens (including phenoxy) is 1. The Morgan fingerprint density at radius 1 is 1.00 bits per heavy atom. The zero-order valence-corrected chi connectivity index (χ0v) is 12.5. The molecule has 0 aliphatic heterocycles. The van der Waals surface area contributed by atoms with Gasteiger partial charge in [0.05, 0.1) is 18.5 Å². The fraction of sp³-hybridized carbons (Fsp3) is 0.111. The van der Waals surface area contributed by atoms with Crippen LogP contribution < -0.4 is 0 Å². The summed E-state index contributed by atoms with van der Waals surface area (Å²) in [4.78, 5) is 12.2. The van der Waals surface area contributed by atoms with Crippen LogP contribution in [0.5, 0.6) is 0 Å². The second kappa shape index (κ2) is 5.85. The number of aromatic nitrogens is 2. The number of para-hydroxylation sites is 1. The lowest BCUT2D eigenvalue weighted by molar-refractivity contribution is 0.0600. The molecule has 0 amide bonds. The third-order valence-electron chi connectivity index (χ3n) is 3.55. The first-order valence-electron chi connectivity index (χ1n) is 7.01. The van der Waals surface area contributed by atoms with Crippen molar-refractivity contribution in [2.75, 3.05) is 7.11 Å². The van der Waals surface area contributed by atoms with Crippen molar-refractivity contribution in [3.8, 4) is 16.9 Å². The number of esters is 1. The molecule has 3 rings (SSSR count). The molecule has 0 N–H and O–H groups in total. The summed E-state index contributed by atoms with van der Waals surface area (Å²) in [7, 11) is 1.39. The molecule has 0 radical (unpaired) electrons. The van der Waals surface area contributed by atoms with E-state index in [1.165, 1.54) is 7.11 Å². The van der Waals surface area contributed by atoms with Crippen molar-refractivity contribution in [2.24, 2.45) is 0 Å². The molecule has 0 aliphatic rings. The highest BCUT2D eigenvalue weighted by atomic mass is 16.5. The number of hydrogen-bond acceptors (Lipinski definition) is 3. The van der Waals surface area contributed by atoms with E-state index in [1.807, 2.05) is 67.6 Å². The Hall–Kier alpha value is -2.88. The molecule has 0 saturated carbocycles. The van der Waals surface area contributed by atoms with Gasteiger partial charge in [0.1, 0.15) is 11.3 Å². The molecule has 22 heavy (non-hydrogen) atoms. The van der Waals surface area contributed by atoms with Gasteiger partial charge in [0.25, 0.3) is 0 Å². The normalized spacial score (nSPS) is 10.5. The van der Waals surface area contributed by atoms with Crippen LogP contribution in [0.25, 0.3) is 16.9 Å². The first kappa shape index (κ1) is 14.1. The van der Waals surface area contributed by atoms with Gasteiger partial charge in [-0.3, -0.25) is 0 Å². The van der Waals surface area contributed by atoms with Gasteiger partial charge in [-0.15, -0.1) is 0 Å². The quantitative estimate of drug-likeness (QED) is 0.692. The maximum absolute atomic E-state index is 12.2. The summed E-state index contributed by atoms with van der Waals surface area (Å²) in [5.74, 6) is -0.376. The molecule has 0 bridgehead atoms. The number of rotatable bonds is 3. The van der Waals surface area contributed by atoms with Gasteiger partial charge in [0.2, 0.25) is 0 Å². The van der Waals surface area contributed by atoms with Crippen LogP contribution in [0.3, 0.4) is 0 Å². The van der Waals surface area contributed by atoms with Gasteiger partial charge in [0, 0.05) is 5.56 Å². The van der Waals surface area contributed by atoms with E-state index < -0.39 is 0 Å². The molecule has 4 heteroatoms. The van der Waals surface area contributed by atoms with Crippen LogP contribution in [-0.2, 0) is 4.74 Å². The average Bonchev–Trinajstić information content (AvgIpc) is 2.93. The molecule has 4 nitrogen and oxygen atoms in total. The molecular formula is C18H16N2O2. The Balaban J connectivity index is 2.23. The first-order chi connectivity index (χ1) is 10.7. The summed E-state index contributed by atoms with van der Waals surface area (Å²) in [5, 5.41) is 4.64. The predicted octanol–water partition coefficient (Wildman–Crippen LogP) is 3.63. The number of hydrogen-bond donors (Lipinski definition) is 0. The van der Waals surface area contributed by atoms with Crippen LogP contribution in [0.1, 0.15) is 16.1 Å². The first-order valence-corrected chi connectivity index (χ1v) is 7.01. The van der Waals surface area contributed by atoms with Gasteiger partial charge in [0.15, 0.2) is 0 Å². The van der Waals surface area contributed by atoms with Crippen molar-refractivity contribution >= 4 is 5.97 Å². The lowest BCUT2D eigenvalue weighted by Crippen LogP contribution is -2.05. The predicted molar refractivity (Wildman–Crippen MR) is 85.1 cm³/mol. The Morgan fingerprint density at radius 2 is 1.59 bits per heavy atom. The SMILES string of the molecule is COC(=O)c1c(-c2ccccc2)nn(-c2ccccc2)c1C. The summed E-state index contributed by atoms with van der Waals surface area (Å²) in [6.45, 7) is 1.87. The van der Waals surface area contributed by atoms with Crippen LogP contribution in [0.2, 0.25) is 0 Å². The summed E-state index contributed by atoms with van der Waals surface area (Å²) >= 11 is 0. The second-order valence-electron chi connectivity index (χ2n) is 4.91. The Labute approximate surface area is 129 Å². The Morgan fingerprint density at radius 3 is 2.18 bits per heavy atom. The summed E-state index contributed by atoms with van der Waals surface area (Å²) < 4.78 is 6.71. The smallest absolute Gasteiger partial charge is 0.342 e. The molecule has 0 aliphatic carbocycles. The summed E-state index contributed by atoms with van der Waals surface area (Å²) in [6, 6.07) is 19.4.